The predicted octanol–water partition coefficient (Wildman–Crippen LogP) is 1.18. The SMILES string of the molecule is Nc1ccc(S(=O)(=O)N2CCN(C(=O)COc3ccccc3)CC2)cc1. The predicted molar refractivity (Wildman–Crippen MR) is 98.1 cm³/mol. The first-order chi connectivity index (χ1) is 12.5. The Kier molecular flexibility index (Phi) is 5.43. The van der Waals surface area contributed by atoms with Crippen molar-refractivity contribution < 1.29 is 17.9 Å². The zero-order chi connectivity index (χ0) is 18.6. The summed E-state index contributed by atoms with van der Waals surface area (Å²) < 4.78 is 32.1. The van der Waals surface area contributed by atoms with Crippen molar-refractivity contribution in [2.45, 2.75) is 4.90 Å². The number of nitrogens with zero attached hydrogens (tertiary/aromatic N) is 2. The molecule has 8 heteroatoms. The van der Waals surface area contributed by atoms with E-state index >= 15 is 0 Å². The van der Waals surface area contributed by atoms with E-state index in [0.717, 1.165) is 0 Å². The van der Waals surface area contributed by atoms with Gasteiger partial charge < -0.3 is 15.4 Å². The minimum atomic E-state index is -3.57. The van der Waals surface area contributed by atoms with Gasteiger partial charge in [0.15, 0.2) is 6.61 Å². The van der Waals surface area contributed by atoms with Gasteiger partial charge in [0.25, 0.3) is 5.91 Å². The van der Waals surface area contributed by atoms with E-state index in [-0.39, 0.29) is 30.5 Å². The zero-order valence-corrected chi connectivity index (χ0v) is 15.1. The summed E-state index contributed by atoms with van der Waals surface area (Å²) in [5.74, 6) is 0.476. The van der Waals surface area contributed by atoms with Gasteiger partial charge in [0, 0.05) is 31.9 Å². The summed E-state index contributed by atoms with van der Waals surface area (Å²) in [6.45, 7) is 1.12. The van der Waals surface area contributed by atoms with Gasteiger partial charge in [-0.05, 0) is 36.4 Å². The molecule has 7 nitrogen and oxygen atoms in total. The summed E-state index contributed by atoms with van der Waals surface area (Å²) in [4.78, 5) is 14.1. The molecular formula is C18H21N3O4S. The number of amides is 1. The maximum Gasteiger partial charge on any atom is 0.260 e. The highest BCUT2D eigenvalue weighted by Gasteiger charge is 2.30. The number of hydrogen-bond donors (Lipinski definition) is 1. The number of carbonyl (C=O) groups is 1. The summed E-state index contributed by atoms with van der Waals surface area (Å²) in [6, 6.07) is 15.2. The van der Waals surface area contributed by atoms with E-state index in [1.54, 1.807) is 29.2 Å². The maximum atomic E-state index is 12.6. The van der Waals surface area contributed by atoms with Crippen LogP contribution in [0.1, 0.15) is 0 Å². The van der Waals surface area contributed by atoms with Crippen LogP contribution in [0.4, 0.5) is 5.69 Å². The van der Waals surface area contributed by atoms with Crippen molar-refractivity contribution in [3.8, 4) is 5.75 Å². The number of ether oxygens (including phenoxy) is 1. The van der Waals surface area contributed by atoms with Gasteiger partial charge in [-0.1, -0.05) is 18.2 Å². The van der Waals surface area contributed by atoms with Crippen molar-refractivity contribution in [1.29, 1.82) is 0 Å². The number of hydrogen-bond acceptors (Lipinski definition) is 5. The fourth-order valence-electron chi connectivity index (χ4n) is 2.72. The second-order valence-corrected chi connectivity index (χ2v) is 7.89. The molecule has 0 aromatic heterocycles. The standard InChI is InChI=1S/C18H21N3O4S/c19-15-6-8-17(9-7-15)26(23,24)21-12-10-20(11-13-21)18(22)14-25-16-4-2-1-3-5-16/h1-9H,10-14,19H2. The number of nitrogens with two attached hydrogens (primary N) is 1. The Balaban J connectivity index is 1.55. The van der Waals surface area contributed by atoms with Gasteiger partial charge in [-0.15, -0.1) is 0 Å². The van der Waals surface area contributed by atoms with Crippen LogP contribution in [-0.4, -0.2) is 56.3 Å². The molecule has 26 heavy (non-hydrogen) atoms. The normalized spacial score (nSPS) is 15.6. The van der Waals surface area contributed by atoms with Crippen LogP contribution in [-0.2, 0) is 14.8 Å². The van der Waals surface area contributed by atoms with E-state index in [1.165, 1.54) is 16.4 Å². The lowest BCUT2D eigenvalue weighted by atomic mass is 10.3. The monoisotopic (exact) mass is 375 g/mol. The smallest absolute Gasteiger partial charge is 0.260 e. The van der Waals surface area contributed by atoms with Crippen LogP contribution >= 0.6 is 0 Å². The molecule has 138 valence electrons. The van der Waals surface area contributed by atoms with Gasteiger partial charge in [-0.2, -0.15) is 4.31 Å². The molecule has 2 aromatic rings. The molecule has 0 saturated carbocycles. The van der Waals surface area contributed by atoms with E-state index in [9.17, 15) is 13.2 Å². The molecule has 0 bridgehead atoms. The minimum absolute atomic E-state index is 0.0608. The van der Waals surface area contributed by atoms with Crippen LogP contribution in [0.3, 0.4) is 0 Å². The highest BCUT2D eigenvalue weighted by atomic mass is 32.2. The third-order valence-corrected chi connectivity index (χ3v) is 6.13. The van der Waals surface area contributed by atoms with Crippen molar-refractivity contribution in [2.75, 3.05) is 38.5 Å². The quantitative estimate of drug-likeness (QED) is 0.792. The molecule has 1 fully saturated rings. The lowest BCUT2D eigenvalue weighted by Gasteiger charge is -2.34. The number of anilines is 1. The fraction of sp³-hybridized carbons (Fsp3) is 0.278. The molecule has 3 rings (SSSR count). The second-order valence-electron chi connectivity index (χ2n) is 5.96. The number of carbonyl (C=O) groups excluding carboxylic acids is 1. The van der Waals surface area contributed by atoms with Crippen molar-refractivity contribution in [2.24, 2.45) is 0 Å². The van der Waals surface area contributed by atoms with E-state index in [4.69, 9.17) is 10.5 Å². The molecule has 0 atom stereocenters. The Morgan fingerprint density at radius 1 is 0.962 bits per heavy atom. The summed E-state index contributed by atoms with van der Waals surface area (Å²) in [7, 11) is -3.57. The number of nitrogen functional groups attached to an aromatic ring is 1. The first-order valence-corrected chi connectivity index (χ1v) is 9.72. The largest absolute Gasteiger partial charge is 0.484 e. The highest BCUT2D eigenvalue weighted by Crippen LogP contribution is 2.19. The molecule has 1 aliphatic heterocycles. The van der Waals surface area contributed by atoms with Gasteiger partial charge in [-0.3, -0.25) is 4.79 Å². The Morgan fingerprint density at radius 2 is 1.58 bits per heavy atom. The molecular weight excluding hydrogens is 354 g/mol. The second kappa shape index (κ2) is 7.76. The highest BCUT2D eigenvalue weighted by molar-refractivity contribution is 7.89. The van der Waals surface area contributed by atoms with Gasteiger partial charge >= 0.3 is 0 Å². The van der Waals surface area contributed by atoms with Gasteiger partial charge in [0.1, 0.15) is 5.75 Å². The minimum Gasteiger partial charge on any atom is -0.484 e. The Labute approximate surface area is 153 Å². The summed E-state index contributed by atoms with van der Waals surface area (Å²) >= 11 is 0. The number of sulfonamides is 1. The van der Waals surface area contributed by atoms with Gasteiger partial charge in [0.2, 0.25) is 10.0 Å². The van der Waals surface area contributed by atoms with Crippen LogP contribution < -0.4 is 10.5 Å². The lowest BCUT2D eigenvalue weighted by Crippen LogP contribution is -2.51. The third kappa shape index (κ3) is 4.14. The maximum absolute atomic E-state index is 12.6. The lowest BCUT2D eigenvalue weighted by molar-refractivity contribution is -0.134. The summed E-state index contributed by atoms with van der Waals surface area (Å²) in [6.07, 6.45) is 0. The first-order valence-electron chi connectivity index (χ1n) is 8.28. The van der Waals surface area contributed by atoms with E-state index in [1.807, 2.05) is 18.2 Å². The van der Waals surface area contributed by atoms with E-state index in [0.29, 0.717) is 24.5 Å². The van der Waals surface area contributed by atoms with Gasteiger partial charge in [0.05, 0.1) is 4.90 Å². The molecule has 1 amide bonds. The molecule has 2 aromatic carbocycles. The first kappa shape index (κ1) is 18.2. The Hall–Kier alpha value is -2.58. The average Bonchev–Trinajstić information content (AvgIpc) is 2.67. The van der Waals surface area contributed by atoms with Crippen LogP contribution in [0.2, 0.25) is 0 Å². The molecule has 0 aliphatic carbocycles. The van der Waals surface area contributed by atoms with Crippen molar-refractivity contribution >= 4 is 21.6 Å². The number of benzene rings is 2. The fourth-order valence-corrected chi connectivity index (χ4v) is 4.14. The average molecular weight is 375 g/mol. The molecule has 1 heterocycles. The van der Waals surface area contributed by atoms with Crippen molar-refractivity contribution in [3.05, 3.63) is 54.6 Å². The molecule has 0 radical (unpaired) electrons. The van der Waals surface area contributed by atoms with E-state index in [2.05, 4.69) is 0 Å². The Bertz CT molecular complexity index is 846. The number of para-hydroxylation sites is 1. The van der Waals surface area contributed by atoms with Crippen molar-refractivity contribution in [1.82, 2.24) is 9.21 Å². The van der Waals surface area contributed by atoms with Crippen LogP contribution in [0.15, 0.2) is 59.5 Å². The molecule has 0 unspecified atom stereocenters. The Morgan fingerprint density at radius 3 is 2.19 bits per heavy atom. The third-order valence-electron chi connectivity index (χ3n) is 4.21. The molecule has 1 aliphatic rings. The number of rotatable bonds is 5. The topological polar surface area (TPSA) is 92.9 Å². The van der Waals surface area contributed by atoms with E-state index < -0.39 is 10.0 Å². The summed E-state index contributed by atoms with van der Waals surface area (Å²) in [5, 5.41) is 0. The number of piperazine rings is 1. The molecule has 0 spiro atoms. The van der Waals surface area contributed by atoms with Crippen LogP contribution in [0, 0.1) is 0 Å². The summed E-state index contributed by atoms with van der Waals surface area (Å²) in [5.41, 5.74) is 6.12. The van der Waals surface area contributed by atoms with Crippen molar-refractivity contribution in [3.63, 3.8) is 0 Å². The molecule has 2 N–H and O–H groups in total. The zero-order valence-electron chi connectivity index (χ0n) is 14.2. The molecule has 1 saturated heterocycles. The van der Waals surface area contributed by atoms with Gasteiger partial charge in [-0.25, -0.2) is 8.42 Å². The van der Waals surface area contributed by atoms with Crippen LogP contribution in [0.25, 0.3) is 0 Å². The van der Waals surface area contributed by atoms with Crippen LogP contribution in [0.5, 0.6) is 5.75 Å².